The summed E-state index contributed by atoms with van der Waals surface area (Å²) in [7, 11) is 0. The number of fused-ring (bicyclic) bond motifs is 2. The highest BCUT2D eigenvalue weighted by molar-refractivity contribution is 5.89. The molecule has 1 aliphatic heterocycles. The van der Waals surface area contributed by atoms with Crippen LogP contribution in [0.2, 0.25) is 0 Å². The van der Waals surface area contributed by atoms with E-state index >= 15 is 0 Å². The average molecular weight is 629 g/mol. The first-order valence-electron chi connectivity index (χ1n) is 16.6. The summed E-state index contributed by atoms with van der Waals surface area (Å²) in [5.74, 6) is 1.49. The van der Waals surface area contributed by atoms with Crippen molar-refractivity contribution in [3.05, 3.63) is 216 Å². The number of anilines is 3. The Balaban J connectivity index is 1.19. The van der Waals surface area contributed by atoms with Crippen molar-refractivity contribution in [2.45, 2.75) is 5.41 Å². The maximum atomic E-state index is 5.07. The van der Waals surface area contributed by atoms with Crippen LogP contribution in [0.25, 0.3) is 28.5 Å². The molecule has 0 saturated carbocycles. The standard InChI is InChI=1S/C45H32N4/c1-5-17-34(18-6-1)44-46-43(47-49(44)38-23-11-4-12-24-38)33-29-31-37(32-30-33)48-41-27-15-13-25-39(41)45(35-19-7-2-8-20-35,36-21-9-3-10-22-36)40-26-14-16-28-42(40)48/h1-32H. The van der Waals surface area contributed by atoms with E-state index in [2.05, 4.69) is 163 Å². The minimum absolute atomic E-state index is 0.492. The number of hydrogen-bond donors (Lipinski definition) is 0. The van der Waals surface area contributed by atoms with Crippen LogP contribution in [0.5, 0.6) is 0 Å². The van der Waals surface area contributed by atoms with Gasteiger partial charge in [-0.05, 0) is 70.8 Å². The third-order valence-corrected chi connectivity index (χ3v) is 9.54. The van der Waals surface area contributed by atoms with Gasteiger partial charge in [-0.15, -0.1) is 5.10 Å². The predicted molar refractivity (Wildman–Crippen MR) is 199 cm³/mol. The number of aromatic nitrogens is 3. The smallest absolute Gasteiger partial charge is 0.182 e. The number of rotatable bonds is 6. The normalized spacial score (nSPS) is 13.0. The van der Waals surface area contributed by atoms with Gasteiger partial charge >= 0.3 is 0 Å². The van der Waals surface area contributed by atoms with E-state index in [0.29, 0.717) is 5.82 Å². The minimum atomic E-state index is -0.492. The van der Waals surface area contributed by atoms with E-state index in [-0.39, 0.29) is 0 Å². The van der Waals surface area contributed by atoms with E-state index < -0.39 is 5.41 Å². The summed E-state index contributed by atoms with van der Waals surface area (Å²) in [5, 5.41) is 5.02. The Hall–Kier alpha value is -6.52. The summed E-state index contributed by atoms with van der Waals surface area (Å²) in [5.41, 5.74) is 10.8. The molecule has 9 rings (SSSR count). The maximum absolute atomic E-state index is 5.07. The molecule has 49 heavy (non-hydrogen) atoms. The number of nitrogens with zero attached hydrogens (tertiary/aromatic N) is 4. The van der Waals surface area contributed by atoms with E-state index in [9.17, 15) is 0 Å². The van der Waals surface area contributed by atoms with Crippen molar-refractivity contribution in [1.29, 1.82) is 0 Å². The highest BCUT2D eigenvalue weighted by Gasteiger charge is 2.46. The molecule has 0 aliphatic carbocycles. The Labute approximate surface area is 286 Å². The van der Waals surface area contributed by atoms with E-state index in [1.165, 1.54) is 22.3 Å². The second kappa shape index (κ2) is 11.9. The fourth-order valence-electron chi connectivity index (χ4n) is 7.41. The molecule has 0 atom stereocenters. The van der Waals surface area contributed by atoms with Crippen molar-refractivity contribution in [1.82, 2.24) is 14.8 Å². The van der Waals surface area contributed by atoms with Crippen LogP contribution in [0.4, 0.5) is 17.1 Å². The van der Waals surface area contributed by atoms with Crippen LogP contribution in [0, 0.1) is 0 Å². The summed E-state index contributed by atoms with van der Waals surface area (Å²) in [6, 6.07) is 68.6. The van der Waals surface area contributed by atoms with Gasteiger partial charge in [-0.2, -0.15) is 0 Å². The first-order chi connectivity index (χ1) is 24.3. The van der Waals surface area contributed by atoms with Gasteiger partial charge in [-0.25, -0.2) is 9.67 Å². The molecule has 232 valence electrons. The molecule has 4 heteroatoms. The molecule has 0 spiro atoms. The third kappa shape index (κ3) is 4.68. The zero-order valence-corrected chi connectivity index (χ0v) is 26.8. The summed E-state index contributed by atoms with van der Waals surface area (Å²) in [4.78, 5) is 7.46. The Bertz CT molecular complexity index is 2220. The van der Waals surface area contributed by atoms with Crippen LogP contribution in [0.15, 0.2) is 194 Å². The maximum Gasteiger partial charge on any atom is 0.182 e. The number of para-hydroxylation sites is 3. The van der Waals surface area contributed by atoms with E-state index in [1.807, 2.05) is 41.1 Å². The van der Waals surface area contributed by atoms with Crippen LogP contribution in [-0.2, 0) is 5.41 Å². The van der Waals surface area contributed by atoms with Gasteiger partial charge in [-0.3, -0.25) is 0 Å². The first kappa shape index (κ1) is 28.7. The summed E-state index contributed by atoms with van der Waals surface area (Å²) in [6.07, 6.45) is 0. The molecule has 8 aromatic rings. The van der Waals surface area contributed by atoms with Crippen LogP contribution >= 0.6 is 0 Å². The Morgan fingerprint density at radius 1 is 0.388 bits per heavy atom. The molecule has 4 nitrogen and oxygen atoms in total. The number of hydrogen-bond acceptors (Lipinski definition) is 3. The number of benzene rings is 7. The van der Waals surface area contributed by atoms with Crippen LogP contribution in [0.1, 0.15) is 22.3 Å². The lowest BCUT2D eigenvalue weighted by molar-refractivity contribution is 0.731. The molecule has 0 radical (unpaired) electrons. The zero-order valence-electron chi connectivity index (χ0n) is 26.8. The molecule has 0 unspecified atom stereocenters. The van der Waals surface area contributed by atoms with Crippen molar-refractivity contribution < 1.29 is 0 Å². The molecule has 1 aromatic heterocycles. The lowest BCUT2D eigenvalue weighted by atomic mass is 9.62. The summed E-state index contributed by atoms with van der Waals surface area (Å²) < 4.78 is 1.93. The van der Waals surface area contributed by atoms with Crippen molar-refractivity contribution in [3.8, 4) is 28.5 Å². The molecule has 0 N–H and O–H groups in total. The lowest BCUT2D eigenvalue weighted by Crippen LogP contribution is -2.37. The van der Waals surface area contributed by atoms with E-state index in [1.54, 1.807) is 0 Å². The predicted octanol–water partition coefficient (Wildman–Crippen LogP) is 10.8. The Morgan fingerprint density at radius 3 is 1.41 bits per heavy atom. The fraction of sp³-hybridized carbons (Fsp3) is 0.0222. The summed E-state index contributed by atoms with van der Waals surface area (Å²) in [6.45, 7) is 0. The van der Waals surface area contributed by atoms with Gasteiger partial charge in [0.15, 0.2) is 11.6 Å². The molecule has 0 fully saturated rings. The molecule has 0 amide bonds. The third-order valence-electron chi connectivity index (χ3n) is 9.54. The topological polar surface area (TPSA) is 34.0 Å². The van der Waals surface area contributed by atoms with Gasteiger partial charge in [0.2, 0.25) is 0 Å². The molecular weight excluding hydrogens is 597 g/mol. The van der Waals surface area contributed by atoms with Gasteiger partial charge in [-0.1, -0.05) is 146 Å². The largest absolute Gasteiger partial charge is 0.310 e. The highest BCUT2D eigenvalue weighted by Crippen LogP contribution is 2.57. The second-order valence-electron chi connectivity index (χ2n) is 12.3. The molecule has 0 saturated heterocycles. The first-order valence-corrected chi connectivity index (χ1v) is 16.6. The molecule has 7 aromatic carbocycles. The van der Waals surface area contributed by atoms with Crippen LogP contribution in [-0.4, -0.2) is 14.8 Å². The highest BCUT2D eigenvalue weighted by atomic mass is 15.4. The minimum Gasteiger partial charge on any atom is -0.310 e. The molecule has 2 heterocycles. The van der Waals surface area contributed by atoms with Gasteiger partial charge in [0.25, 0.3) is 0 Å². The molecule has 1 aliphatic rings. The summed E-state index contributed by atoms with van der Waals surface area (Å²) >= 11 is 0. The van der Waals surface area contributed by atoms with Gasteiger partial charge in [0, 0.05) is 16.8 Å². The molecule has 0 bridgehead atoms. The monoisotopic (exact) mass is 628 g/mol. The van der Waals surface area contributed by atoms with Crippen molar-refractivity contribution in [2.75, 3.05) is 4.90 Å². The van der Waals surface area contributed by atoms with E-state index in [4.69, 9.17) is 10.1 Å². The fourth-order valence-corrected chi connectivity index (χ4v) is 7.41. The quantitative estimate of drug-likeness (QED) is 0.184. The van der Waals surface area contributed by atoms with Gasteiger partial charge in [0.05, 0.1) is 22.5 Å². The second-order valence-corrected chi connectivity index (χ2v) is 12.3. The lowest BCUT2D eigenvalue weighted by Gasteiger charge is -2.46. The van der Waals surface area contributed by atoms with Crippen molar-refractivity contribution in [3.63, 3.8) is 0 Å². The van der Waals surface area contributed by atoms with Gasteiger partial charge in [0.1, 0.15) is 0 Å². The van der Waals surface area contributed by atoms with Crippen molar-refractivity contribution in [2.24, 2.45) is 0 Å². The molecular formula is C45H32N4. The average Bonchev–Trinajstić information content (AvgIpc) is 3.64. The van der Waals surface area contributed by atoms with E-state index in [0.717, 1.165) is 39.7 Å². The Morgan fingerprint density at radius 2 is 0.857 bits per heavy atom. The Kier molecular flexibility index (Phi) is 6.98. The van der Waals surface area contributed by atoms with Crippen LogP contribution in [0.3, 0.4) is 0 Å². The van der Waals surface area contributed by atoms with Crippen molar-refractivity contribution >= 4 is 17.1 Å². The van der Waals surface area contributed by atoms with Crippen LogP contribution < -0.4 is 4.90 Å². The zero-order chi connectivity index (χ0) is 32.6. The SMILES string of the molecule is c1ccc(-c2nc(-c3ccc(N4c5ccccc5C(c5ccccc5)(c5ccccc5)c5ccccc54)cc3)nn2-c2ccccc2)cc1. The van der Waals surface area contributed by atoms with Gasteiger partial charge < -0.3 is 4.90 Å².